The smallest absolute Gasteiger partial charge is 0.243 e. The standard InChI is InChI=1S/C15H19FN4O2S/c1-11-8-18-19(10-11)15-4-3-13(7-14(15)16)23(21,22)20-6-5-17-9-12(20)2/h3-4,7-8,10,12,17H,5-6,9H2,1-2H3/t12-/m0/s1. The van der Waals surface area contributed by atoms with Crippen LogP contribution in [0.5, 0.6) is 0 Å². The quantitative estimate of drug-likeness (QED) is 0.916. The molecule has 1 aromatic carbocycles. The summed E-state index contributed by atoms with van der Waals surface area (Å²) in [6.45, 7) is 5.25. The summed E-state index contributed by atoms with van der Waals surface area (Å²) in [5.41, 5.74) is 1.13. The van der Waals surface area contributed by atoms with E-state index in [0.717, 1.165) is 11.6 Å². The Bertz CT molecular complexity index is 819. The van der Waals surface area contributed by atoms with Crippen LogP contribution in [0.25, 0.3) is 5.69 Å². The molecule has 1 N–H and O–H groups in total. The van der Waals surface area contributed by atoms with Crippen LogP contribution in [0.2, 0.25) is 0 Å². The van der Waals surface area contributed by atoms with E-state index in [2.05, 4.69) is 10.4 Å². The lowest BCUT2D eigenvalue weighted by Crippen LogP contribution is -2.52. The van der Waals surface area contributed by atoms with E-state index in [-0.39, 0.29) is 16.6 Å². The average molecular weight is 338 g/mol. The van der Waals surface area contributed by atoms with Crippen molar-refractivity contribution in [2.75, 3.05) is 19.6 Å². The Morgan fingerprint density at radius 2 is 2.17 bits per heavy atom. The average Bonchev–Trinajstić information content (AvgIpc) is 2.93. The highest BCUT2D eigenvalue weighted by Crippen LogP contribution is 2.23. The molecule has 0 unspecified atom stereocenters. The number of aromatic nitrogens is 2. The third-order valence-corrected chi connectivity index (χ3v) is 5.93. The number of hydrogen-bond donors (Lipinski definition) is 1. The third-order valence-electron chi connectivity index (χ3n) is 3.92. The Kier molecular flexibility index (Phi) is 4.22. The molecule has 6 nitrogen and oxygen atoms in total. The Morgan fingerprint density at radius 1 is 1.39 bits per heavy atom. The summed E-state index contributed by atoms with van der Waals surface area (Å²) < 4.78 is 42.6. The van der Waals surface area contributed by atoms with Gasteiger partial charge in [-0.3, -0.25) is 0 Å². The first-order valence-electron chi connectivity index (χ1n) is 7.43. The summed E-state index contributed by atoms with van der Waals surface area (Å²) in [6, 6.07) is 3.78. The molecule has 1 aliphatic rings. The highest BCUT2D eigenvalue weighted by atomic mass is 32.2. The Hall–Kier alpha value is -1.77. The molecule has 1 fully saturated rings. The zero-order valence-corrected chi connectivity index (χ0v) is 13.8. The van der Waals surface area contributed by atoms with Gasteiger partial charge in [-0.2, -0.15) is 9.40 Å². The van der Waals surface area contributed by atoms with Gasteiger partial charge in [0.05, 0.1) is 11.1 Å². The van der Waals surface area contributed by atoms with Crippen molar-refractivity contribution in [2.45, 2.75) is 24.8 Å². The van der Waals surface area contributed by atoms with Gasteiger partial charge in [-0.25, -0.2) is 17.5 Å². The van der Waals surface area contributed by atoms with Crippen LogP contribution in [-0.2, 0) is 10.0 Å². The van der Waals surface area contributed by atoms with E-state index in [1.807, 2.05) is 13.8 Å². The summed E-state index contributed by atoms with van der Waals surface area (Å²) >= 11 is 0. The van der Waals surface area contributed by atoms with Crippen molar-refractivity contribution in [3.8, 4) is 5.69 Å². The molecule has 23 heavy (non-hydrogen) atoms. The molecule has 0 bridgehead atoms. The maximum atomic E-state index is 14.4. The van der Waals surface area contributed by atoms with Crippen molar-refractivity contribution in [3.63, 3.8) is 0 Å². The van der Waals surface area contributed by atoms with Gasteiger partial charge in [0.2, 0.25) is 10.0 Å². The largest absolute Gasteiger partial charge is 0.314 e. The highest BCUT2D eigenvalue weighted by molar-refractivity contribution is 7.89. The minimum atomic E-state index is -3.70. The highest BCUT2D eigenvalue weighted by Gasteiger charge is 2.31. The van der Waals surface area contributed by atoms with Crippen molar-refractivity contribution in [1.29, 1.82) is 0 Å². The topological polar surface area (TPSA) is 67.2 Å². The second kappa shape index (κ2) is 6.03. The molecule has 0 aliphatic carbocycles. The van der Waals surface area contributed by atoms with Crippen LogP contribution in [0.15, 0.2) is 35.5 Å². The van der Waals surface area contributed by atoms with E-state index < -0.39 is 15.8 Å². The Balaban J connectivity index is 1.96. The zero-order valence-electron chi connectivity index (χ0n) is 13.0. The predicted octanol–water partition coefficient (Wildman–Crippen LogP) is 1.30. The summed E-state index contributed by atoms with van der Waals surface area (Å²) in [5, 5.41) is 7.19. The second-order valence-electron chi connectivity index (χ2n) is 5.74. The molecule has 2 heterocycles. The van der Waals surface area contributed by atoms with Crippen LogP contribution < -0.4 is 5.32 Å². The van der Waals surface area contributed by atoms with Crippen molar-refractivity contribution in [3.05, 3.63) is 42.0 Å². The van der Waals surface area contributed by atoms with Crippen molar-refractivity contribution in [1.82, 2.24) is 19.4 Å². The van der Waals surface area contributed by atoms with Crippen LogP contribution in [-0.4, -0.2) is 48.2 Å². The number of halogens is 1. The number of sulfonamides is 1. The van der Waals surface area contributed by atoms with E-state index in [0.29, 0.717) is 19.6 Å². The van der Waals surface area contributed by atoms with Gasteiger partial charge < -0.3 is 5.32 Å². The van der Waals surface area contributed by atoms with E-state index >= 15 is 0 Å². The van der Waals surface area contributed by atoms with Gasteiger partial charge >= 0.3 is 0 Å². The third kappa shape index (κ3) is 3.01. The minimum Gasteiger partial charge on any atom is -0.314 e. The lowest BCUT2D eigenvalue weighted by atomic mass is 10.3. The number of benzene rings is 1. The second-order valence-corrected chi connectivity index (χ2v) is 7.63. The van der Waals surface area contributed by atoms with Gasteiger partial charge in [0.15, 0.2) is 0 Å². The summed E-state index contributed by atoms with van der Waals surface area (Å²) in [5.74, 6) is -0.614. The van der Waals surface area contributed by atoms with Crippen molar-refractivity contribution >= 4 is 10.0 Å². The molecule has 124 valence electrons. The molecule has 0 saturated carbocycles. The fourth-order valence-corrected chi connectivity index (χ4v) is 4.34. The number of aryl methyl sites for hydroxylation is 1. The van der Waals surface area contributed by atoms with E-state index in [4.69, 9.17) is 0 Å². The first-order chi connectivity index (χ1) is 10.9. The molecular weight excluding hydrogens is 319 g/mol. The van der Waals surface area contributed by atoms with E-state index in [1.165, 1.54) is 21.1 Å². The van der Waals surface area contributed by atoms with Crippen molar-refractivity contribution in [2.24, 2.45) is 0 Å². The van der Waals surface area contributed by atoms with E-state index in [9.17, 15) is 12.8 Å². The lowest BCUT2D eigenvalue weighted by molar-refractivity contribution is 0.284. The maximum Gasteiger partial charge on any atom is 0.243 e. The molecule has 0 spiro atoms. The van der Waals surface area contributed by atoms with Gasteiger partial charge in [0.25, 0.3) is 0 Å². The zero-order chi connectivity index (χ0) is 16.6. The SMILES string of the molecule is Cc1cnn(-c2ccc(S(=O)(=O)N3CCNC[C@@H]3C)cc2F)c1. The number of hydrogen-bond acceptors (Lipinski definition) is 4. The lowest BCUT2D eigenvalue weighted by Gasteiger charge is -2.32. The molecule has 1 aromatic heterocycles. The molecule has 8 heteroatoms. The van der Waals surface area contributed by atoms with Gasteiger partial charge in [-0.15, -0.1) is 0 Å². The molecule has 0 radical (unpaired) electrons. The number of nitrogens with one attached hydrogen (secondary N) is 1. The normalized spacial score (nSPS) is 19.9. The first-order valence-corrected chi connectivity index (χ1v) is 8.87. The summed E-state index contributed by atoms with van der Waals surface area (Å²) in [4.78, 5) is -0.0311. The number of rotatable bonds is 3. The van der Waals surface area contributed by atoms with Gasteiger partial charge in [-0.1, -0.05) is 0 Å². The van der Waals surface area contributed by atoms with Gasteiger partial charge in [-0.05, 0) is 37.6 Å². The predicted molar refractivity (Wildman–Crippen MR) is 84.5 cm³/mol. The van der Waals surface area contributed by atoms with Crippen LogP contribution >= 0.6 is 0 Å². The van der Waals surface area contributed by atoms with E-state index in [1.54, 1.807) is 12.4 Å². The molecule has 1 aliphatic heterocycles. The van der Waals surface area contributed by atoms with Crippen molar-refractivity contribution < 1.29 is 12.8 Å². The fourth-order valence-electron chi connectivity index (χ4n) is 2.69. The monoisotopic (exact) mass is 338 g/mol. The molecule has 1 saturated heterocycles. The summed E-state index contributed by atoms with van der Waals surface area (Å²) in [7, 11) is -3.70. The Labute approximate surface area is 135 Å². The van der Waals surface area contributed by atoms with Gasteiger partial charge in [0, 0.05) is 31.9 Å². The number of piperazine rings is 1. The van der Waals surface area contributed by atoms with Gasteiger partial charge in [0.1, 0.15) is 11.5 Å². The minimum absolute atomic E-state index is 0.0311. The Morgan fingerprint density at radius 3 is 2.78 bits per heavy atom. The van der Waals surface area contributed by atoms with Crippen LogP contribution in [0.1, 0.15) is 12.5 Å². The van der Waals surface area contributed by atoms with Crippen LogP contribution in [0, 0.1) is 12.7 Å². The fraction of sp³-hybridized carbons (Fsp3) is 0.400. The molecular formula is C15H19FN4O2S. The molecule has 1 atom stereocenters. The number of nitrogens with zero attached hydrogens (tertiary/aromatic N) is 3. The van der Waals surface area contributed by atoms with Crippen LogP contribution in [0.3, 0.4) is 0 Å². The molecule has 0 amide bonds. The summed E-state index contributed by atoms with van der Waals surface area (Å²) in [6.07, 6.45) is 3.30. The van der Waals surface area contributed by atoms with Crippen LogP contribution in [0.4, 0.5) is 4.39 Å². The molecule has 3 rings (SSSR count). The maximum absolute atomic E-state index is 14.4. The first kappa shape index (κ1) is 16.1. The molecule has 2 aromatic rings.